The second-order valence-corrected chi connectivity index (χ2v) is 4.33. The summed E-state index contributed by atoms with van der Waals surface area (Å²) in [6, 6.07) is 14.2. The summed E-state index contributed by atoms with van der Waals surface area (Å²) in [6.07, 6.45) is 1.68. The van der Waals surface area contributed by atoms with Crippen molar-refractivity contribution in [2.45, 2.75) is 0 Å². The van der Waals surface area contributed by atoms with E-state index in [0.717, 1.165) is 0 Å². The second kappa shape index (κ2) is 4.71. The van der Waals surface area contributed by atoms with Crippen LogP contribution in [-0.2, 0) is 0 Å². The van der Waals surface area contributed by atoms with Gasteiger partial charge in [0.25, 0.3) is 0 Å². The van der Waals surface area contributed by atoms with E-state index < -0.39 is 0 Å². The molecule has 0 aliphatic carbocycles. The van der Waals surface area contributed by atoms with E-state index in [0.29, 0.717) is 28.1 Å². The number of nitrogens with zero attached hydrogens (tertiary/aromatic N) is 2. The fraction of sp³-hybridized carbons (Fsp3) is 0.0625. The predicted octanol–water partition coefficient (Wildman–Crippen LogP) is 3.63. The van der Waals surface area contributed by atoms with Crippen LogP contribution in [0, 0.1) is 17.1 Å². The van der Waals surface area contributed by atoms with Gasteiger partial charge in [0.2, 0.25) is 0 Å². The van der Waals surface area contributed by atoms with Crippen LogP contribution in [0.4, 0.5) is 4.39 Å². The van der Waals surface area contributed by atoms with Crippen LogP contribution >= 0.6 is 0 Å². The molecule has 3 nitrogen and oxygen atoms in total. The number of benzene rings is 1. The van der Waals surface area contributed by atoms with E-state index >= 15 is 0 Å². The highest BCUT2D eigenvalue weighted by atomic mass is 19.1. The van der Waals surface area contributed by atoms with E-state index in [9.17, 15) is 9.65 Å². The Morgan fingerprint density at radius 2 is 1.90 bits per heavy atom. The van der Waals surface area contributed by atoms with Crippen LogP contribution in [0.25, 0.3) is 16.6 Å². The molecule has 0 aliphatic heterocycles. The molecule has 0 N–H and O–H groups in total. The Balaban J connectivity index is 2.30. The number of aromatic nitrogens is 1. The number of hydrogen-bond donors (Lipinski definition) is 0. The fourth-order valence-electron chi connectivity index (χ4n) is 2.30. The lowest BCUT2D eigenvalue weighted by Gasteiger charge is -2.02. The number of methoxy groups -OCH3 is 1. The van der Waals surface area contributed by atoms with Crippen LogP contribution in [0.15, 0.2) is 48.7 Å². The lowest BCUT2D eigenvalue weighted by Crippen LogP contribution is -1.88. The summed E-state index contributed by atoms with van der Waals surface area (Å²) < 4.78 is 21.2. The minimum absolute atomic E-state index is 0.295. The lowest BCUT2D eigenvalue weighted by atomic mass is 10.1. The van der Waals surface area contributed by atoms with Crippen LogP contribution in [0.1, 0.15) is 5.69 Å². The number of hydrogen-bond acceptors (Lipinski definition) is 2. The van der Waals surface area contributed by atoms with Gasteiger partial charge in [0.1, 0.15) is 17.5 Å². The van der Waals surface area contributed by atoms with E-state index in [1.54, 1.807) is 60.2 Å². The van der Waals surface area contributed by atoms with Crippen molar-refractivity contribution in [2.24, 2.45) is 0 Å². The molecule has 98 valence electrons. The first-order chi connectivity index (χ1) is 9.76. The van der Waals surface area contributed by atoms with Gasteiger partial charge in [0.05, 0.1) is 18.2 Å². The Hall–Kier alpha value is -2.80. The molecule has 2 heterocycles. The molecule has 0 aliphatic rings. The topological polar surface area (TPSA) is 37.4 Å². The lowest BCUT2D eigenvalue weighted by molar-refractivity contribution is 0.415. The van der Waals surface area contributed by atoms with Crippen LogP contribution in [-0.4, -0.2) is 11.5 Å². The molecule has 0 amide bonds. The summed E-state index contributed by atoms with van der Waals surface area (Å²) in [5, 5.41) is 9.33. The molecule has 2 aromatic heterocycles. The highest BCUT2D eigenvalue weighted by molar-refractivity contribution is 5.77. The highest BCUT2D eigenvalue weighted by Gasteiger charge is 2.19. The molecule has 0 atom stereocenters. The summed E-state index contributed by atoms with van der Waals surface area (Å²) in [5.41, 5.74) is 1.67. The number of fused-ring (bicyclic) bond motifs is 1. The maximum absolute atomic E-state index is 14.5. The molecule has 0 saturated carbocycles. The molecule has 1 aromatic carbocycles. The molecule has 4 heteroatoms. The maximum atomic E-state index is 14.5. The Kier molecular flexibility index (Phi) is 2.88. The average molecular weight is 266 g/mol. The van der Waals surface area contributed by atoms with Crippen molar-refractivity contribution in [3.63, 3.8) is 0 Å². The first-order valence-electron chi connectivity index (χ1n) is 6.09. The largest absolute Gasteiger partial charge is 0.497 e. The molecular weight excluding hydrogens is 255 g/mol. The maximum Gasteiger partial charge on any atom is 0.157 e. The van der Waals surface area contributed by atoms with Gasteiger partial charge in [-0.15, -0.1) is 0 Å². The summed E-state index contributed by atoms with van der Waals surface area (Å²) in [4.78, 5) is 0. The highest BCUT2D eigenvalue weighted by Crippen LogP contribution is 2.32. The summed E-state index contributed by atoms with van der Waals surface area (Å²) in [6.45, 7) is 0. The first kappa shape index (κ1) is 12.2. The summed E-state index contributed by atoms with van der Waals surface area (Å²) in [7, 11) is 1.57. The molecule has 0 bridgehead atoms. The van der Waals surface area contributed by atoms with E-state index in [1.807, 2.05) is 0 Å². The van der Waals surface area contributed by atoms with Crippen LogP contribution in [0.2, 0.25) is 0 Å². The van der Waals surface area contributed by atoms with Gasteiger partial charge in [-0.05, 0) is 29.8 Å². The standard InChI is InChI=1S/C16H11FN2O/c1-20-12-7-5-11(6-8-12)15-14(10-18)19-9-3-2-4-13(19)16(15)17/h2-9H,1H3. The molecule has 0 spiro atoms. The van der Waals surface area contributed by atoms with Gasteiger partial charge in [-0.3, -0.25) is 0 Å². The zero-order valence-corrected chi connectivity index (χ0v) is 10.8. The van der Waals surface area contributed by atoms with E-state index in [-0.39, 0.29) is 5.82 Å². The van der Waals surface area contributed by atoms with Crippen LogP contribution in [0.5, 0.6) is 5.75 Å². The zero-order valence-electron chi connectivity index (χ0n) is 10.8. The van der Waals surface area contributed by atoms with Gasteiger partial charge >= 0.3 is 0 Å². The van der Waals surface area contributed by atoms with Crippen molar-refractivity contribution in [1.29, 1.82) is 5.26 Å². The van der Waals surface area contributed by atoms with Gasteiger partial charge < -0.3 is 9.14 Å². The Morgan fingerprint density at radius 1 is 1.15 bits per heavy atom. The van der Waals surface area contributed by atoms with Crippen molar-refractivity contribution in [3.8, 4) is 22.9 Å². The van der Waals surface area contributed by atoms with Crippen LogP contribution < -0.4 is 4.74 Å². The van der Waals surface area contributed by atoms with Gasteiger partial charge in [-0.1, -0.05) is 18.2 Å². The molecule has 3 rings (SSSR count). The minimum Gasteiger partial charge on any atom is -0.497 e. The molecule has 3 aromatic rings. The van der Waals surface area contributed by atoms with Crippen molar-refractivity contribution < 1.29 is 9.13 Å². The van der Waals surface area contributed by atoms with Gasteiger partial charge in [-0.25, -0.2) is 4.39 Å². The second-order valence-electron chi connectivity index (χ2n) is 4.33. The number of halogens is 1. The van der Waals surface area contributed by atoms with Gasteiger partial charge in [0.15, 0.2) is 5.82 Å². The van der Waals surface area contributed by atoms with Crippen molar-refractivity contribution in [1.82, 2.24) is 4.40 Å². The summed E-state index contributed by atoms with van der Waals surface area (Å²) in [5.74, 6) is 0.309. The number of pyridine rings is 1. The van der Waals surface area contributed by atoms with Gasteiger partial charge in [-0.2, -0.15) is 5.26 Å². The molecule has 0 saturated heterocycles. The number of ether oxygens (including phenoxy) is 1. The number of rotatable bonds is 2. The fourth-order valence-corrected chi connectivity index (χ4v) is 2.30. The smallest absolute Gasteiger partial charge is 0.157 e. The van der Waals surface area contributed by atoms with E-state index in [2.05, 4.69) is 6.07 Å². The first-order valence-corrected chi connectivity index (χ1v) is 6.09. The predicted molar refractivity (Wildman–Crippen MR) is 74.1 cm³/mol. The van der Waals surface area contributed by atoms with Crippen molar-refractivity contribution >= 4 is 5.52 Å². The van der Waals surface area contributed by atoms with Crippen molar-refractivity contribution in [3.05, 3.63) is 60.2 Å². The third-order valence-electron chi connectivity index (χ3n) is 3.27. The molecule has 0 unspecified atom stereocenters. The Labute approximate surface area is 115 Å². The minimum atomic E-state index is -0.382. The Morgan fingerprint density at radius 3 is 2.55 bits per heavy atom. The molecular formula is C16H11FN2O. The Bertz CT molecular complexity index is 813. The van der Waals surface area contributed by atoms with E-state index in [4.69, 9.17) is 4.74 Å². The third kappa shape index (κ3) is 1.72. The average Bonchev–Trinajstić information content (AvgIpc) is 2.80. The third-order valence-corrected chi connectivity index (χ3v) is 3.27. The van der Waals surface area contributed by atoms with Crippen molar-refractivity contribution in [2.75, 3.05) is 7.11 Å². The molecule has 0 radical (unpaired) electrons. The van der Waals surface area contributed by atoms with E-state index in [1.165, 1.54) is 0 Å². The molecule has 0 fully saturated rings. The number of nitriles is 1. The quantitative estimate of drug-likeness (QED) is 0.710. The van der Waals surface area contributed by atoms with Gasteiger partial charge in [0, 0.05) is 6.20 Å². The summed E-state index contributed by atoms with van der Waals surface area (Å²) >= 11 is 0. The molecule has 20 heavy (non-hydrogen) atoms. The monoisotopic (exact) mass is 266 g/mol. The SMILES string of the molecule is COc1ccc(-c2c(F)c3ccccn3c2C#N)cc1. The zero-order chi connectivity index (χ0) is 14.1. The van der Waals surface area contributed by atoms with Crippen LogP contribution in [0.3, 0.4) is 0 Å². The normalized spacial score (nSPS) is 10.4.